The number of hydrogen-bond donors (Lipinski definition) is 1. The summed E-state index contributed by atoms with van der Waals surface area (Å²) in [5.74, 6) is 3.49. The Morgan fingerprint density at radius 1 is 0.846 bits per heavy atom. The molecule has 0 aliphatic heterocycles. The van der Waals surface area contributed by atoms with Gasteiger partial charge in [0, 0.05) is 6.04 Å². The van der Waals surface area contributed by atoms with E-state index in [1.807, 2.05) is 0 Å². The lowest BCUT2D eigenvalue weighted by molar-refractivity contribution is 0.134. The van der Waals surface area contributed by atoms with Gasteiger partial charge in [-0.2, -0.15) is 0 Å². The first-order valence-corrected chi connectivity index (χ1v) is 11.7. The molecule has 1 aliphatic carbocycles. The molecule has 0 radical (unpaired) electrons. The second-order valence-corrected chi connectivity index (χ2v) is 11.7. The lowest BCUT2D eigenvalue weighted by atomic mass is 9.68. The Kier molecular flexibility index (Phi) is 9.68. The first kappa shape index (κ1) is 24.0. The minimum atomic E-state index is 0.460. The Morgan fingerprint density at radius 2 is 1.42 bits per heavy atom. The average Bonchev–Trinajstić information content (AvgIpc) is 2.54. The summed E-state index contributed by atoms with van der Waals surface area (Å²) in [6.07, 6.45) is 11.2. The third-order valence-electron chi connectivity index (χ3n) is 7.36. The third-order valence-corrected chi connectivity index (χ3v) is 7.36. The lowest BCUT2D eigenvalue weighted by Gasteiger charge is -2.39. The van der Waals surface area contributed by atoms with Crippen LogP contribution in [0.25, 0.3) is 0 Å². The molecule has 0 heterocycles. The van der Waals surface area contributed by atoms with Gasteiger partial charge in [0.1, 0.15) is 0 Å². The quantitative estimate of drug-likeness (QED) is 0.441. The highest BCUT2D eigenvalue weighted by Crippen LogP contribution is 2.40. The van der Waals surface area contributed by atoms with Crippen molar-refractivity contribution in [1.82, 2.24) is 5.32 Å². The van der Waals surface area contributed by atoms with Crippen LogP contribution in [0.4, 0.5) is 0 Å². The van der Waals surface area contributed by atoms with Gasteiger partial charge in [0.25, 0.3) is 0 Å². The van der Waals surface area contributed by atoms with Gasteiger partial charge in [-0.05, 0) is 86.5 Å². The lowest BCUT2D eigenvalue weighted by Crippen LogP contribution is -2.39. The Hall–Kier alpha value is -0.0400. The van der Waals surface area contributed by atoms with E-state index < -0.39 is 0 Å². The van der Waals surface area contributed by atoms with Gasteiger partial charge in [0.2, 0.25) is 0 Å². The molecule has 0 aromatic carbocycles. The highest BCUT2D eigenvalue weighted by molar-refractivity contribution is 4.84. The van der Waals surface area contributed by atoms with Crippen LogP contribution >= 0.6 is 0 Å². The SMILES string of the molecule is CCCC(CCC(C)CNC(C)C1CCC(C(C)(C)C)CC1)C(C)(C)C. The zero-order valence-corrected chi connectivity index (χ0v) is 19.8. The zero-order valence-electron chi connectivity index (χ0n) is 19.8. The molecule has 1 heteroatoms. The number of nitrogens with one attached hydrogen (secondary N) is 1. The van der Waals surface area contributed by atoms with E-state index in [9.17, 15) is 0 Å². The molecular formula is C25H51N. The maximum absolute atomic E-state index is 3.90. The summed E-state index contributed by atoms with van der Waals surface area (Å²) in [5.41, 5.74) is 0.959. The van der Waals surface area contributed by atoms with Gasteiger partial charge in [-0.1, -0.05) is 68.2 Å². The van der Waals surface area contributed by atoms with Crippen molar-refractivity contribution in [2.45, 2.75) is 120 Å². The monoisotopic (exact) mass is 365 g/mol. The van der Waals surface area contributed by atoms with Gasteiger partial charge < -0.3 is 5.32 Å². The van der Waals surface area contributed by atoms with Crippen molar-refractivity contribution >= 4 is 0 Å². The van der Waals surface area contributed by atoms with Crippen molar-refractivity contribution in [3.05, 3.63) is 0 Å². The van der Waals surface area contributed by atoms with Crippen LogP contribution in [0.15, 0.2) is 0 Å². The predicted molar refractivity (Wildman–Crippen MR) is 119 cm³/mol. The van der Waals surface area contributed by atoms with E-state index in [1.54, 1.807) is 0 Å². The molecule has 0 aromatic heterocycles. The fourth-order valence-electron chi connectivity index (χ4n) is 4.99. The number of rotatable bonds is 9. The summed E-state index contributed by atoms with van der Waals surface area (Å²) in [6.45, 7) is 22.9. The predicted octanol–water partition coefficient (Wildman–Crippen LogP) is 7.70. The van der Waals surface area contributed by atoms with Crippen molar-refractivity contribution in [3.63, 3.8) is 0 Å². The molecule has 0 aromatic rings. The molecule has 1 N–H and O–H groups in total. The summed E-state index contributed by atoms with van der Waals surface area (Å²) in [7, 11) is 0. The summed E-state index contributed by atoms with van der Waals surface area (Å²) in [4.78, 5) is 0. The highest BCUT2D eigenvalue weighted by atomic mass is 14.9. The van der Waals surface area contributed by atoms with Crippen molar-refractivity contribution in [2.24, 2.45) is 34.5 Å². The topological polar surface area (TPSA) is 12.0 Å². The summed E-state index contributed by atoms with van der Waals surface area (Å²) in [5, 5.41) is 3.90. The molecule has 1 rings (SSSR count). The van der Waals surface area contributed by atoms with Crippen LogP contribution in [0.1, 0.15) is 114 Å². The molecule has 1 saturated carbocycles. The van der Waals surface area contributed by atoms with Crippen LogP contribution < -0.4 is 5.32 Å². The van der Waals surface area contributed by atoms with Gasteiger partial charge in [-0.25, -0.2) is 0 Å². The summed E-state index contributed by atoms with van der Waals surface area (Å²) in [6, 6.07) is 0.687. The average molecular weight is 366 g/mol. The largest absolute Gasteiger partial charge is 0.314 e. The molecule has 3 unspecified atom stereocenters. The molecule has 0 amide bonds. The molecule has 0 spiro atoms. The van der Waals surface area contributed by atoms with Crippen molar-refractivity contribution in [2.75, 3.05) is 6.54 Å². The maximum atomic E-state index is 3.90. The van der Waals surface area contributed by atoms with E-state index in [1.165, 1.54) is 57.9 Å². The Labute approximate surface area is 166 Å². The van der Waals surface area contributed by atoms with Crippen LogP contribution in [-0.2, 0) is 0 Å². The summed E-state index contributed by atoms with van der Waals surface area (Å²) < 4.78 is 0. The van der Waals surface area contributed by atoms with Gasteiger partial charge in [-0.3, -0.25) is 0 Å². The van der Waals surface area contributed by atoms with Crippen LogP contribution in [0.2, 0.25) is 0 Å². The Morgan fingerprint density at radius 3 is 1.88 bits per heavy atom. The standard InChI is InChI=1S/C25H51N/c1-10-11-22(24(4,5)6)15-12-19(2)18-26-20(3)21-13-16-23(17-14-21)25(7,8)9/h19-23,26H,10-18H2,1-9H3. The fraction of sp³-hybridized carbons (Fsp3) is 1.00. The summed E-state index contributed by atoms with van der Waals surface area (Å²) >= 11 is 0. The van der Waals surface area contributed by atoms with Crippen molar-refractivity contribution < 1.29 is 0 Å². The van der Waals surface area contributed by atoms with Crippen LogP contribution in [0, 0.1) is 34.5 Å². The van der Waals surface area contributed by atoms with Crippen LogP contribution in [0.5, 0.6) is 0 Å². The van der Waals surface area contributed by atoms with Crippen molar-refractivity contribution in [3.8, 4) is 0 Å². The second-order valence-electron chi connectivity index (χ2n) is 11.7. The first-order valence-electron chi connectivity index (χ1n) is 11.7. The normalized spacial score (nSPS) is 25.7. The minimum Gasteiger partial charge on any atom is -0.314 e. The van der Waals surface area contributed by atoms with Crippen molar-refractivity contribution in [1.29, 1.82) is 0 Å². The Balaban J connectivity index is 2.31. The number of hydrogen-bond acceptors (Lipinski definition) is 1. The molecule has 3 atom stereocenters. The van der Waals surface area contributed by atoms with E-state index in [4.69, 9.17) is 0 Å². The van der Waals surface area contributed by atoms with Crippen LogP contribution in [0.3, 0.4) is 0 Å². The van der Waals surface area contributed by atoms with E-state index in [-0.39, 0.29) is 0 Å². The fourth-order valence-corrected chi connectivity index (χ4v) is 4.99. The molecule has 0 bridgehead atoms. The van der Waals surface area contributed by atoms with Gasteiger partial charge in [0.15, 0.2) is 0 Å². The molecule has 26 heavy (non-hydrogen) atoms. The molecular weight excluding hydrogens is 314 g/mol. The molecule has 1 fully saturated rings. The zero-order chi connectivity index (χ0) is 20.0. The molecule has 1 aliphatic rings. The molecule has 0 saturated heterocycles. The van der Waals surface area contributed by atoms with Gasteiger partial charge >= 0.3 is 0 Å². The third kappa shape index (κ3) is 8.32. The second kappa shape index (κ2) is 10.5. The Bertz CT molecular complexity index is 365. The maximum Gasteiger partial charge on any atom is 0.00671 e. The first-order chi connectivity index (χ1) is 11.9. The van der Waals surface area contributed by atoms with E-state index in [0.29, 0.717) is 16.9 Å². The molecule has 1 nitrogen and oxygen atoms in total. The highest BCUT2D eigenvalue weighted by Gasteiger charge is 2.31. The van der Waals surface area contributed by atoms with E-state index in [0.717, 1.165) is 23.7 Å². The molecule has 156 valence electrons. The van der Waals surface area contributed by atoms with E-state index >= 15 is 0 Å². The van der Waals surface area contributed by atoms with Gasteiger partial charge in [-0.15, -0.1) is 0 Å². The van der Waals surface area contributed by atoms with Gasteiger partial charge in [0.05, 0.1) is 0 Å². The van der Waals surface area contributed by atoms with Crippen LogP contribution in [-0.4, -0.2) is 12.6 Å². The smallest absolute Gasteiger partial charge is 0.00671 e. The minimum absolute atomic E-state index is 0.460. The van der Waals surface area contributed by atoms with E-state index in [2.05, 4.69) is 67.6 Å².